The lowest BCUT2D eigenvalue weighted by molar-refractivity contribution is -0.200. The molecule has 8 fully saturated rings. The first kappa shape index (κ1) is 81.8. The van der Waals surface area contributed by atoms with Crippen LogP contribution in [0.5, 0.6) is 34.5 Å². The Hall–Kier alpha value is -6.51. The van der Waals surface area contributed by atoms with Crippen LogP contribution >= 0.6 is 79.6 Å². The van der Waals surface area contributed by atoms with Gasteiger partial charge < -0.3 is 88.8 Å². The van der Waals surface area contributed by atoms with Crippen LogP contribution in [0.25, 0.3) is 0 Å². The maximum atomic E-state index is 13.3. The molecule has 8 aliphatic heterocycles. The third-order valence-electron chi connectivity index (χ3n) is 27.0. The monoisotopic (exact) mass is 1890 g/mol. The minimum atomic E-state index is -1.55. The largest absolute Gasteiger partial charge is 0.495 e. The van der Waals surface area contributed by atoms with Crippen LogP contribution in [0, 0.1) is 51.8 Å². The predicted molar refractivity (Wildman–Crippen MR) is 452 cm³/mol. The number of nitrogens with zero attached hydrogens (tertiary/aromatic N) is 5. The number of nitrogens with two attached hydrogens (primary N) is 1. The lowest BCUT2D eigenvalue weighted by atomic mass is 9.69. The summed E-state index contributed by atoms with van der Waals surface area (Å²) in [5, 5.41) is 74.1. The highest BCUT2D eigenvalue weighted by Gasteiger charge is 2.80. The van der Waals surface area contributed by atoms with Gasteiger partial charge in [0.25, 0.3) is 0 Å². The first-order valence-corrected chi connectivity index (χ1v) is 44.0. The quantitative estimate of drug-likeness (QED) is 0.0371. The van der Waals surface area contributed by atoms with E-state index in [4.69, 9.17) is 48.4 Å². The van der Waals surface area contributed by atoms with Gasteiger partial charge >= 0.3 is 0 Å². The van der Waals surface area contributed by atoms with E-state index in [-0.39, 0.29) is 84.5 Å². The first-order valence-electron chi connectivity index (χ1n) is 39.3. The molecule has 0 amide bonds. The second kappa shape index (κ2) is 32.1. The highest BCUT2D eigenvalue weighted by molar-refractivity contribution is 9.11. The van der Waals surface area contributed by atoms with E-state index in [1.807, 2.05) is 140 Å². The molecule has 5 saturated heterocycles. The predicted octanol–water partition coefficient (Wildman–Crippen LogP) is 12.5. The molecule has 20 rings (SSSR count). The molecule has 610 valence electrons. The molecule has 3 aromatic heterocycles. The van der Waals surface area contributed by atoms with Crippen molar-refractivity contribution in [1.82, 2.24) is 24.8 Å². The molecule has 6 aromatic carbocycles. The zero-order chi connectivity index (χ0) is 80.8. The van der Waals surface area contributed by atoms with Gasteiger partial charge in [0.1, 0.15) is 51.3 Å². The molecule has 116 heavy (non-hydrogen) atoms. The normalized spacial score (nSPS) is 31.5. The Morgan fingerprint density at radius 1 is 0.405 bits per heavy atom. The van der Waals surface area contributed by atoms with E-state index in [1.54, 1.807) is 58.5 Å². The van der Waals surface area contributed by atoms with Crippen LogP contribution in [0.3, 0.4) is 0 Å². The molecule has 9 aromatic rings. The van der Waals surface area contributed by atoms with E-state index in [9.17, 15) is 30.6 Å². The minimum Gasteiger partial charge on any atom is -0.495 e. The maximum absolute atomic E-state index is 13.3. The smallest absolute Gasteiger partial charge is 0.174 e. The van der Waals surface area contributed by atoms with Crippen LogP contribution in [0.15, 0.2) is 214 Å². The number of alkyl halides is 2. The van der Waals surface area contributed by atoms with Crippen molar-refractivity contribution in [2.75, 3.05) is 137 Å². The molecular formula is C90H95Br5N6O15. The highest BCUT2D eigenvalue weighted by Crippen LogP contribution is 2.76. The van der Waals surface area contributed by atoms with Gasteiger partial charge in [-0.15, -0.1) is 0 Å². The lowest BCUT2D eigenvalue weighted by Crippen LogP contribution is -2.67. The molecule has 8 N–H and O–H groups in total. The van der Waals surface area contributed by atoms with Crippen molar-refractivity contribution < 1.29 is 73.3 Å². The number of rotatable bonds is 19. The molecule has 21 nitrogen and oxygen atoms in total. The summed E-state index contributed by atoms with van der Waals surface area (Å²) in [6.07, 6.45) is 9.82. The number of hydrogen-bond acceptors (Lipinski definition) is 21. The fourth-order valence-electron chi connectivity index (χ4n) is 22.0. The van der Waals surface area contributed by atoms with Crippen LogP contribution in [0.4, 0.5) is 0 Å². The fourth-order valence-corrected chi connectivity index (χ4v) is 24.4. The number of likely N-dealkylation sites (tertiary alicyclic amines) is 2. The van der Waals surface area contributed by atoms with Gasteiger partial charge in [-0.1, -0.05) is 207 Å². The Kier molecular flexibility index (Phi) is 22.7. The first-order chi connectivity index (χ1) is 56.3. The van der Waals surface area contributed by atoms with E-state index in [1.165, 1.54) is 0 Å². The number of aliphatic hydroxyl groups excluding tert-OH is 3. The Bertz CT molecular complexity index is 4760. The van der Waals surface area contributed by atoms with E-state index in [0.29, 0.717) is 69.7 Å². The van der Waals surface area contributed by atoms with Crippen LogP contribution in [0.1, 0.15) is 67.8 Å². The zero-order valence-corrected chi connectivity index (χ0v) is 72.5. The van der Waals surface area contributed by atoms with Crippen molar-refractivity contribution >= 4 is 79.6 Å². The van der Waals surface area contributed by atoms with Gasteiger partial charge in [0.15, 0.2) is 16.8 Å². The number of hydrogen-bond donors (Lipinski definition) is 7. The van der Waals surface area contributed by atoms with E-state index < -0.39 is 39.5 Å². The molecule has 0 radical (unpaired) electrons. The summed E-state index contributed by atoms with van der Waals surface area (Å²) >= 11 is 17.5. The van der Waals surface area contributed by atoms with Crippen LogP contribution in [-0.2, 0) is 47.8 Å². The summed E-state index contributed by atoms with van der Waals surface area (Å²) < 4.78 is 56.7. The molecule has 11 heterocycles. The Labute approximate surface area is 717 Å². The Balaban J connectivity index is 0.000000120. The van der Waals surface area contributed by atoms with Gasteiger partial charge in [0, 0.05) is 153 Å². The number of benzene rings is 6. The number of fused-ring (bicyclic) bond motifs is 9. The molecule has 3 aliphatic carbocycles. The third kappa shape index (κ3) is 12.6. The number of aliphatic hydroxyl groups is 6. The molecule has 15 atom stereocenters. The molecule has 26 heteroatoms. The third-order valence-corrected chi connectivity index (χ3v) is 31.0. The van der Waals surface area contributed by atoms with E-state index in [2.05, 4.69) is 129 Å². The average molecular weight is 1900 g/mol. The van der Waals surface area contributed by atoms with Crippen molar-refractivity contribution in [3.8, 4) is 34.5 Å². The van der Waals surface area contributed by atoms with Crippen molar-refractivity contribution in [2.45, 2.75) is 51.4 Å². The van der Waals surface area contributed by atoms with Crippen LogP contribution in [-0.4, -0.2) is 193 Å². The summed E-state index contributed by atoms with van der Waals surface area (Å²) in [6.45, 7) is 9.81. The molecule has 3 saturated carbocycles. The lowest BCUT2D eigenvalue weighted by Gasteiger charge is -2.56. The average Bonchev–Trinajstić information content (AvgIpc) is 1.51. The summed E-state index contributed by atoms with van der Waals surface area (Å²) in [6, 6.07) is 53.9. The molecule has 11 aliphatic rings. The van der Waals surface area contributed by atoms with Crippen molar-refractivity contribution in [1.29, 1.82) is 0 Å². The van der Waals surface area contributed by atoms with Crippen LogP contribution in [0.2, 0.25) is 0 Å². The van der Waals surface area contributed by atoms with Gasteiger partial charge in [-0.25, -0.2) is 0 Å². The summed E-state index contributed by atoms with van der Waals surface area (Å²) in [7, 11) is 4.74. The standard InChI is InChI=1S/2C30H31BrN2O5.C25H25BrN2O4.C5H8Br2O/c2*1-36-24-11-32-12-25-27(24)29(35)23(13-33-15-28(16-33)17-37-18-28)22(14-34)26(19-5-3-2-4-6-19)30(29,38-25)20-7-9-21(31)10-8-20;1-31-20-12-28-13-21-23(20)24(30)19(11-27)18(14-29)22(15-5-3-2-4-6-15)25(24,32-21)16-7-9-17(26)10-8-16;6-1-5(2-7)3-8-4-5/h2*2-12,22-23,26,34-35H,13-18H2,1H3;2-10,12-13,18-19,22,29-30H,11,14,27H2,1H3;1-4H2/t2*22-,23-,26+,29+,30-;18-,19-,22+,24+,25-;/m000./s1. The van der Waals surface area contributed by atoms with Crippen molar-refractivity contribution in [3.63, 3.8) is 0 Å². The van der Waals surface area contributed by atoms with Gasteiger partial charge in [-0.2, -0.15) is 0 Å². The second-order valence-electron chi connectivity index (χ2n) is 33.3. The minimum absolute atomic E-state index is 0.0843. The molecule has 0 bridgehead atoms. The zero-order valence-electron chi connectivity index (χ0n) is 64.5. The molecular weight excluding hydrogens is 1800 g/mol. The van der Waals surface area contributed by atoms with Gasteiger partial charge in [-0.3, -0.25) is 15.0 Å². The number of ether oxygens (including phenoxy) is 9. The Morgan fingerprint density at radius 2 is 0.690 bits per heavy atom. The highest BCUT2D eigenvalue weighted by atomic mass is 79.9. The molecule has 2 spiro atoms. The fraction of sp³-hybridized carbons (Fsp3) is 0.433. The summed E-state index contributed by atoms with van der Waals surface area (Å²) in [5.41, 5.74) is 6.29. The topological polar surface area (TPSA) is 276 Å². The summed E-state index contributed by atoms with van der Waals surface area (Å²) in [5.74, 6) is -0.154. The number of pyridine rings is 3. The molecule has 0 unspecified atom stereocenters. The number of methoxy groups -OCH3 is 3. The van der Waals surface area contributed by atoms with Crippen LogP contribution < -0.4 is 34.2 Å². The number of halogens is 5. The SMILES string of the molecule is BrCC1(CBr)COC1.COc1cncc2c1[C@]1(O)[C@@H](CN)[C@H](CO)[C@@H](c3ccccc3)[C@]1(c1ccc(Br)cc1)O2.COc1cncc2c1[C@]1(O)[C@@H](CN3CC4(COC4)C3)[C@H](CO)[C@@H](c3ccccc3)[C@]1(c1ccc(Br)cc1)O2.COc1cncc2c1[C@]1(O)[C@@H](CN3CC4(COC4)C3)[C@H](CO)[C@@H](c3ccccc3)[C@]1(c1ccc(Br)cc1)O2. The van der Waals surface area contributed by atoms with Gasteiger partial charge in [0.05, 0.1) is 115 Å². The van der Waals surface area contributed by atoms with E-state index in [0.717, 1.165) is 123 Å². The maximum Gasteiger partial charge on any atom is 0.174 e. The van der Waals surface area contributed by atoms with Crippen molar-refractivity contribution in [2.24, 2.45) is 57.5 Å². The van der Waals surface area contributed by atoms with E-state index >= 15 is 0 Å². The van der Waals surface area contributed by atoms with Gasteiger partial charge in [0.2, 0.25) is 0 Å². The van der Waals surface area contributed by atoms with Crippen molar-refractivity contribution in [3.05, 3.63) is 264 Å². The summed E-state index contributed by atoms with van der Waals surface area (Å²) in [4.78, 5) is 17.8. The number of aromatic nitrogens is 3. The second-order valence-corrected chi connectivity index (χ2v) is 37.2. The Morgan fingerprint density at radius 3 is 0.922 bits per heavy atom. The van der Waals surface area contributed by atoms with Gasteiger partial charge in [-0.05, 0) is 76.3 Å².